The number of hydrogen-bond acceptors (Lipinski definition) is 9. The molecule has 0 saturated carbocycles. The van der Waals surface area contributed by atoms with Gasteiger partial charge in [-0.1, -0.05) is 48.5 Å². The van der Waals surface area contributed by atoms with E-state index in [-0.39, 0.29) is 30.0 Å². The van der Waals surface area contributed by atoms with Crippen LogP contribution in [0.1, 0.15) is 68.7 Å². The summed E-state index contributed by atoms with van der Waals surface area (Å²) < 4.78 is 16.8. The summed E-state index contributed by atoms with van der Waals surface area (Å²) in [4.78, 5) is 41.6. The standard InChI is InChI=1S/C37H41N3O7/c1-5-46-36(41)33-26(3)39-27(4)34(35(33)31-11-8-12-32(22-31)40(43)44)37(42)47-19-7-6-18-45-24-25(2)20-28-13-15-29(16-14-28)21-30-10-9-17-38-23-30/h8-17,20,22-23,35,39H,5-7,18-19,21,24H2,1-4H3/b25-20+. The summed E-state index contributed by atoms with van der Waals surface area (Å²) in [5.74, 6) is -2.10. The van der Waals surface area contributed by atoms with Crippen molar-refractivity contribution >= 4 is 23.7 Å². The van der Waals surface area contributed by atoms with Crippen molar-refractivity contribution in [2.75, 3.05) is 26.4 Å². The van der Waals surface area contributed by atoms with Gasteiger partial charge in [-0.15, -0.1) is 0 Å². The van der Waals surface area contributed by atoms with Crippen LogP contribution in [0.4, 0.5) is 5.69 Å². The number of carbonyl (C=O) groups excluding carboxylic acids is 2. The third kappa shape index (κ3) is 9.70. The third-order valence-corrected chi connectivity index (χ3v) is 7.66. The van der Waals surface area contributed by atoms with E-state index in [9.17, 15) is 19.7 Å². The number of carbonyl (C=O) groups is 2. The Hall–Kier alpha value is -5.09. The summed E-state index contributed by atoms with van der Waals surface area (Å²) in [6.07, 6.45) is 7.85. The molecule has 0 aliphatic carbocycles. The predicted octanol–water partition coefficient (Wildman–Crippen LogP) is 6.82. The Morgan fingerprint density at radius 1 is 0.936 bits per heavy atom. The van der Waals surface area contributed by atoms with Gasteiger partial charge in [-0.2, -0.15) is 0 Å². The van der Waals surface area contributed by atoms with E-state index in [1.807, 2.05) is 19.2 Å². The van der Waals surface area contributed by atoms with Crippen molar-refractivity contribution < 1.29 is 28.7 Å². The number of ether oxygens (including phenoxy) is 3. The zero-order valence-corrected chi connectivity index (χ0v) is 27.3. The van der Waals surface area contributed by atoms with Crippen molar-refractivity contribution in [2.24, 2.45) is 0 Å². The van der Waals surface area contributed by atoms with Crippen LogP contribution in [0.15, 0.2) is 101 Å². The molecule has 1 aliphatic rings. The number of nitrogens with zero attached hydrogens (tertiary/aromatic N) is 2. The van der Waals surface area contributed by atoms with E-state index in [1.54, 1.807) is 33.0 Å². The summed E-state index contributed by atoms with van der Waals surface area (Å²) in [6, 6.07) is 18.4. The van der Waals surface area contributed by atoms with Crippen molar-refractivity contribution in [2.45, 2.75) is 52.9 Å². The van der Waals surface area contributed by atoms with Crippen LogP contribution in [0.25, 0.3) is 6.08 Å². The van der Waals surface area contributed by atoms with E-state index < -0.39 is 22.8 Å². The highest BCUT2D eigenvalue weighted by Gasteiger charge is 2.38. The second kappa shape index (κ2) is 17.0. The van der Waals surface area contributed by atoms with Gasteiger partial charge in [0.15, 0.2) is 0 Å². The number of rotatable bonds is 15. The lowest BCUT2D eigenvalue weighted by Crippen LogP contribution is -2.32. The maximum atomic E-state index is 13.4. The number of nitro benzene ring substituents is 1. The molecule has 0 radical (unpaired) electrons. The van der Waals surface area contributed by atoms with E-state index in [4.69, 9.17) is 14.2 Å². The average Bonchev–Trinajstić information content (AvgIpc) is 3.05. The molecule has 1 N–H and O–H groups in total. The molecule has 0 bridgehead atoms. The van der Waals surface area contributed by atoms with Crippen molar-refractivity contribution in [1.29, 1.82) is 0 Å². The number of aromatic nitrogens is 1. The van der Waals surface area contributed by atoms with Gasteiger partial charge >= 0.3 is 11.9 Å². The Morgan fingerprint density at radius 3 is 2.30 bits per heavy atom. The number of nitrogens with one attached hydrogen (secondary N) is 1. The van der Waals surface area contributed by atoms with Gasteiger partial charge in [-0.05, 0) is 80.9 Å². The Kier molecular flexibility index (Phi) is 12.6. The number of allylic oxidation sites excluding steroid dienone is 2. The SMILES string of the molecule is CCOC(=O)C1=C(C)NC(C)=C(C(=O)OCCCCOC/C(C)=C/c2ccc(Cc3cccnc3)cc2)C1c1cccc([N+](=O)[O-])c1. The molecule has 4 rings (SSSR count). The third-order valence-electron chi connectivity index (χ3n) is 7.66. The van der Waals surface area contributed by atoms with Crippen molar-refractivity contribution in [1.82, 2.24) is 10.3 Å². The van der Waals surface area contributed by atoms with Gasteiger partial charge in [0.2, 0.25) is 0 Å². The van der Waals surface area contributed by atoms with Crippen molar-refractivity contribution in [3.8, 4) is 0 Å². The fraction of sp³-hybridized carbons (Fsp3) is 0.324. The molecule has 2 aromatic carbocycles. The van der Waals surface area contributed by atoms with Crippen molar-refractivity contribution in [3.05, 3.63) is 134 Å². The van der Waals surface area contributed by atoms with Gasteiger partial charge in [0, 0.05) is 42.5 Å². The van der Waals surface area contributed by atoms with E-state index >= 15 is 0 Å². The van der Waals surface area contributed by atoms with E-state index in [0.717, 1.165) is 17.6 Å². The first-order chi connectivity index (χ1) is 22.7. The number of dihydropyridines is 1. The molecule has 10 nitrogen and oxygen atoms in total. The number of non-ortho nitro benzene ring substituents is 1. The monoisotopic (exact) mass is 639 g/mol. The molecule has 1 aliphatic heterocycles. The zero-order valence-electron chi connectivity index (χ0n) is 27.3. The van der Waals surface area contributed by atoms with Crippen LogP contribution < -0.4 is 5.32 Å². The molecular formula is C37H41N3O7. The smallest absolute Gasteiger partial charge is 0.336 e. The van der Waals surface area contributed by atoms with Gasteiger partial charge in [-0.3, -0.25) is 15.1 Å². The van der Waals surface area contributed by atoms with E-state index in [0.29, 0.717) is 43.0 Å². The lowest BCUT2D eigenvalue weighted by Gasteiger charge is -2.30. The minimum Gasteiger partial charge on any atom is -0.463 e. The fourth-order valence-electron chi connectivity index (χ4n) is 5.47. The lowest BCUT2D eigenvalue weighted by molar-refractivity contribution is -0.384. The molecule has 0 saturated heterocycles. The summed E-state index contributed by atoms with van der Waals surface area (Å²) in [5.41, 5.74) is 6.31. The molecule has 1 aromatic heterocycles. The van der Waals surface area contributed by atoms with Gasteiger partial charge in [0.1, 0.15) is 0 Å². The highest BCUT2D eigenvalue weighted by atomic mass is 16.6. The number of unbranched alkanes of at least 4 members (excludes halogenated alkanes) is 1. The molecule has 10 heteroatoms. The first kappa shape index (κ1) is 34.8. The van der Waals surface area contributed by atoms with Crippen LogP contribution in [0.3, 0.4) is 0 Å². The summed E-state index contributed by atoms with van der Waals surface area (Å²) in [6.45, 7) is 8.42. The number of benzene rings is 2. The minimum absolute atomic E-state index is 0.137. The summed E-state index contributed by atoms with van der Waals surface area (Å²) in [5, 5.41) is 14.6. The van der Waals surface area contributed by atoms with Crippen LogP contribution in [0.2, 0.25) is 0 Å². The summed E-state index contributed by atoms with van der Waals surface area (Å²) >= 11 is 0. The molecule has 1 unspecified atom stereocenters. The first-order valence-electron chi connectivity index (χ1n) is 15.7. The Bertz CT molecular complexity index is 1660. The highest BCUT2D eigenvalue weighted by molar-refractivity contribution is 6.00. The Labute approximate surface area is 275 Å². The van der Waals surface area contributed by atoms with Gasteiger partial charge in [-0.25, -0.2) is 9.59 Å². The molecule has 246 valence electrons. The lowest BCUT2D eigenvalue weighted by atomic mass is 9.80. The molecule has 3 aromatic rings. The second-order valence-electron chi connectivity index (χ2n) is 11.4. The van der Waals surface area contributed by atoms with Gasteiger partial charge in [0.25, 0.3) is 5.69 Å². The maximum absolute atomic E-state index is 13.4. The maximum Gasteiger partial charge on any atom is 0.336 e. The molecule has 0 fully saturated rings. The van der Waals surface area contributed by atoms with E-state index in [1.165, 1.54) is 29.3 Å². The van der Waals surface area contributed by atoms with Crippen LogP contribution in [0.5, 0.6) is 0 Å². The zero-order chi connectivity index (χ0) is 33.8. The average molecular weight is 640 g/mol. The Balaban J connectivity index is 1.28. The molecule has 0 spiro atoms. The number of nitro groups is 1. The topological polar surface area (TPSA) is 130 Å². The van der Waals surface area contributed by atoms with E-state index in [2.05, 4.69) is 46.7 Å². The Morgan fingerprint density at radius 2 is 1.64 bits per heavy atom. The van der Waals surface area contributed by atoms with Crippen molar-refractivity contribution in [3.63, 3.8) is 0 Å². The predicted molar refractivity (Wildman–Crippen MR) is 179 cm³/mol. The molecular weight excluding hydrogens is 598 g/mol. The van der Waals surface area contributed by atoms with Crippen LogP contribution in [-0.2, 0) is 30.2 Å². The molecule has 1 atom stereocenters. The van der Waals surface area contributed by atoms with Crippen LogP contribution in [0, 0.1) is 10.1 Å². The fourth-order valence-corrected chi connectivity index (χ4v) is 5.47. The molecule has 2 heterocycles. The number of esters is 2. The number of hydrogen-bond donors (Lipinski definition) is 1. The van der Waals surface area contributed by atoms with Crippen LogP contribution >= 0.6 is 0 Å². The first-order valence-corrected chi connectivity index (χ1v) is 15.7. The molecule has 0 amide bonds. The quantitative estimate of drug-likeness (QED) is 0.0824. The highest BCUT2D eigenvalue weighted by Crippen LogP contribution is 2.40. The minimum atomic E-state index is -0.891. The van der Waals surface area contributed by atoms with Crippen LogP contribution in [-0.4, -0.2) is 48.3 Å². The summed E-state index contributed by atoms with van der Waals surface area (Å²) in [7, 11) is 0. The number of pyridine rings is 1. The van der Waals surface area contributed by atoms with Gasteiger partial charge < -0.3 is 19.5 Å². The second-order valence-corrected chi connectivity index (χ2v) is 11.4. The largest absolute Gasteiger partial charge is 0.463 e. The molecule has 47 heavy (non-hydrogen) atoms. The normalized spacial score (nSPS) is 14.9. The van der Waals surface area contributed by atoms with Gasteiger partial charge in [0.05, 0.1) is 41.8 Å².